The molecule has 4 rings (SSSR count). The van der Waals surface area contributed by atoms with E-state index >= 15 is 0 Å². The van der Waals surface area contributed by atoms with Crippen molar-refractivity contribution in [1.82, 2.24) is 19.9 Å². The Morgan fingerprint density at radius 1 is 0.600 bits per heavy atom. The summed E-state index contributed by atoms with van der Waals surface area (Å²) < 4.78 is 0.806. The summed E-state index contributed by atoms with van der Waals surface area (Å²) in [4.78, 5) is 17.9. The van der Waals surface area contributed by atoms with Crippen LogP contribution in [-0.4, -0.2) is 19.9 Å². The van der Waals surface area contributed by atoms with Crippen LogP contribution in [0.1, 0.15) is 0 Å². The van der Waals surface area contributed by atoms with Crippen LogP contribution in [0.15, 0.2) is 83.9 Å². The first-order chi connectivity index (χ1) is 12.3. The lowest BCUT2D eigenvalue weighted by Crippen LogP contribution is -1.94. The second kappa shape index (κ2) is 6.91. The number of hydrogen-bond donors (Lipinski definition) is 0. The second-order valence-electron chi connectivity index (χ2n) is 5.43. The normalized spacial score (nSPS) is 10.6. The van der Waals surface area contributed by atoms with E-state index in [0.717, 1.165) is 38.5 Å². The molecule has 0 bridgehead atoms. The molecule has 120 valence electrons. The van der Waals surface area contributed by atoms with Gasteiger partial charge in [-0.25, -0.2) is 9.97 Å². The van der Waals surface area contributed by atoms with Crippen LogP contribution in [0.5, 0.6) is 0 Å². The molecule has 25 heavy (non-hydrogen) atoms. The topological polar surface area (TPSA) is 51.6 Å². The van der Waals surface area contributed by atoms with Crippen molar-refractivity contribution in [3.05, 3.63) is 83.9 Å². The van der Waals surface area contributed by atoms with Crippen LogP contribution >= 0.6 is 15.9 Å². The Morgan fingerprint density at radius 2 is 1.24 bits per heavy atom. The number of aromatic nitrogens is 4. The van der Waals surface area contributed by atoms with Crippen molar-refractivity contribution in [2.24, 2.45) is 0 Å². The molecular formula is C20H13BrN4. The molecule has 5 heteroatoms. The second-order valence-corrected chi connectivity index (χ2v) is 6.24. The van der Waals surface area contributed by atoms with Crippen LogP contribution < -0.4 is 0 Å². The molecule has 0 saturated carbocycles. The first kappa shape index (κ1) is 15.6. The van der Waals surface area contributed by atoms with E-state index in [1.54, 1.807) is 12.4 Å². The van der Waals surface area contributed by atoms with E-state index in [1.807, 2.05) is 66.9 Å². The van der Waals surface area contributed by atoms with Crippen molar-refractivity contribution >= 4 is 15.9 Å². The van der Waals surface area contributed by atoms with Gasteiger partial charge in [0.2, 0.25) is 0 Å². The number of halogens is 1. The molecule has 0 unspecified atom stereocenters. The highest BCUT2D eigenvalue weighted by Crippen LogP contribution is 2.28. The fourth-order valence-electron chi connectivity index (χ4n) is 2.53. The van der Waals surface area contributed by atoms with Gasteiger partial charge in [-0.1, -0.05) is 18.2 Å². The fraction of sp³-hybridized carbons (Fsp3) is 0. The molecule has 4 heterocycles. The van der Waals surface area contributed by atoms with Gasteiger partial charge in [0, 0.05) is 24.2 Å². The van der Waals surface area contributed by atoms with E-state index in [2.05, 4.69) is 30.9 Å². The van der Waals surface area contributed by atoms with E-state index in [0.29, 0.717) is 0 Å². The summed E-state index contributed by atoms with van der Waals surface area (Å²) in [7, 11) is 0. The minimum Gasteiger partial charge on any atom is -0.255 e. The number of rotatable bonds is 3. The van der Waals surface area contributed by atoms with Gasteiger partial charge in [0.15, 0.2) is 0 Å². The maximum absolute atomic E-state index is 4.76. The van der Waals surface area contributed by atoms with E-state index in [9.17, 15) is 0 Å². The molecule has 0 saturated heterocycles. The molecule has 4 nitrogen and oxygen atoms in total. The first-order valence-electron chi connectivity index (χ1n) is 7.76. The highest BCUT2D eigenvalue weighted by molar-refractivity contribution is 9.10. The average molecular weight is 389 g/mol. The zero-order valence-corrected chi connectivity index (χ0v) is 14.8. The third-order valence-corrected chi connectivity index (χ3v) is 4.21. The minimum absolute atomic E-state index is 0.806. The molecular weight excluding hydrogens is 376 g/mol. The number of pyridine rings is 4. The number of hydrogen-bond acceptors (Lipinski definition) is 4. The molecule has 0 radical (unpaired) electrons. The molecule has 4 aromatic rings. The van der Waals surface area contributed by atoms with Crippen LogP contribution in [0.4, 0.5) is 0 Å². The average Bonchev–Trinajstić information content (AvgIpc) is 2.69. The third-order valence-electron chi connectivity index (χ3n) is 3.74. The maximum atomic E-state index is 4.76. The molecule has 0 spiro atoms. The van der Waals surface area contributed by atoms with Gasteiger partial charge in [-0.3, -0.25) is 9.97 Å². The molecule has 0 fully saturated rings. The van der Waals surface area contributed by atoms with Gasteiger partial charge < -0.3 is 0 Å². The molecule has 0 amide bonds. The van der Waals surface area contributed by atoms with E-state index in [1.165, 1.54) is 0 Å². The standard InChI is InChI=1S/C20H13BrN4/c21-20-8-7-14(13-24-20)15-11-18(16-5-1-3-9-22-16)25-19(12-15)17-6-2-4-10-23-17/h1-13H. The molecule has 0 aliphatic rings. The summed E-state index contributed by atoms with van der Waals surface area (Å²) in [6.07, 6.45) is 5.38. The lowest BCUT2D eigenvalue weighted by Gasteiger charge is -2.09. The van der Waals surface area contributed by atoms with Crippen LogP contribution in [0.2, 0.25) is 0 Å². The smallest absolute Gasteiger partial charge is 0.106 e. The maximum Gasteiger partial charge on any atom is 0.106 e. The van der Waals surface area contributed by atoms with Gasteiger partial charge in [-0.2, -0.15) is 0 Å². The molecule has 4 aromatic heterocycles. The molecule has 0 atom stereocenters. The predicted octanol–water partition coefficient (Wildman–Crippen LogP) is 5.03. The third kappa shape index (κ3) is 3.46. The van der Waals surface area contributed by atoms with Gasteiger partial charge in [0.1, 0.15) is 4.60 Å². The Morgan fingerprint density at radius 3 is 1.72 bits per heavy atom. The first-order valence-corrected chi connectivity index (χ1v) is 8.56. The van der Waals surface area contributed by atoms with E-state index < -0.39 is 0 Å². The quantitative estimate of drug-likeness (QED) is 0.461. The molecule has 0 N–H and O–H groups in total. The largest absolute Gasteiger partial charge is 0.255 e. The zero-order chi connectivity index (χ0) is 17.1. The van der Waals surface area contributed by atoms with Gasteiger partial charge in [-0.15, -0.1) is 0 Å². The van der Waals surface area contributed by atoms with Crippen molar-refractivity contribution < 1.29 is 0 Å². The van der Waals surface area contributed by atoms with Crippen molar-refractivity contribution in [1.29, 1.82) is 0 Å². The lowest BCUT2D eigenvalue weighted by molar-refractivity contribution is 1.21. The molecule has 0 aliphatic carbocycles. The predicted molar refractivity (Wildman–Crippen MR) is 102 cm³/mol. The van der Waals surface area contributed by atoms with Crippen LogP contribution in [0.25, 0.3) is 33.9 Å². The van der Waals surface area contributed by atoms with Gasteiger partial charge in [0.05, 0.1) is 22.8 Å². The Bertz CT molecular complexity index is 929. The van der Waals surface area contributed by atoms with Crippen molar-refractivity contribution in [2.45, 2.75) is 0 Å². The van der Waals surface area contributed by atoms with Gasteiger partial charge in [0.25, 0.3) is 0 Å². The monoisotopic (exact) mass is 388 g/mol. The van der Waals surface area contributed by atoms with Gasteiger partial charge >= 0.3 is 0 Å². The fourth-order valence-corrected chi connectivity index (χ4v) is 2.77. The molecule has 0 aliphatic heterocycles. The van der Waals surface area contributed by atoms with E-state index in [4.69, 9.17) is 4.98 Å². The lowest BCUT2D eigenvalue weighted by atomic mass is 10.0. The Balaban J connectivity index is 1.90. The minimum atomic E-state index is 0.806. The summed E-state index contributed by atoms with van der Waals surface area (Å²) in [5.74, 6) is 0. The SMILES string of the molecule is Brc1ccc(-c2cc(-c3ccccn3)nc(-c3ccccn3)c2)cn1. The van der Waals surface area contributed by atoms with Crippen LogP contribution in [0.3, 0.4) is 0 Å². The number of nitrogens with zero attached hydrogens (tertiary/aromatic N) is 4. The Kier molecular flexibility index (Phi) is 4.31. The Hall–Kier alpha value is -2.92. The van der Waals surface area contributed by atoms with Crippen molar-refractivity contribution in [3.8, 4) is 33.9 Å². The van der Waals surface area contributed by atoms with Crippen LogP contribution in [0, 0.1) is 0 Å². The van der Waals surface area contributed by atoms with E-state index in [-0.39, 0.29) is 0 Å². The summed E-state index contributed by atoms with van der Waals surface area (Å²) in [5, 5.41) is 0. The van der Waals surface area contributed by atoms with Gasteiger partial charge in [-0.05, 0) is 64.0 Å². The highest BCUT2D eigenvalue weighted by Gasteiger charge is 2.10. The van der Waals surface area contributed by atoms with Crippen molar-refractivity contribution in [2.75, 3.05) is 0 Å². The van der Waals surface area contributed by atoms with Crippen molar-refractivity contribution in [3.63, 3.8) is 0 Å². The Labute approximate surface area is 153 Å². The summed E-state index contributed by atoms with van der Waals surface area (Å²) in [5.41, 5.74) is 5.30. The van der Waals surface area contributed by atoms with Crippen LogP contribution in [-0.2, 0) is 0 Å². The summed E-state index contributed by atoms with van der Waals surface area (Å²) >= 11 is 3.38. The molecule has 0 aromatic carbocycles. The zero-order valence-electron chi connectivity index (χ0n) is 13.2. The summed E-state index contributed by atoms with van der Waals surface area (Å²) in [6.45, 7) is 0. The summed E-state index contributed by atoms with van der Waals surface area (Å²) in [6, 6.07) is 19.6. The highest BCUT2D eigenvalue weighted by atomic mass is 79.9.